The Balaban J connectivity index is 1.17. The van der Waals surface area contributed by atoms with Gasteiger partial charge in [-0.2, -0.15) is 0 Å². The summed E-state index contributed by atoms with van der Waals surface area (Å²) in [4.78, 5) is 4.76. The largest absolute Gasteiger partial charge is 0.489 e. The number of hydrogen-bond acceptors (Lipinski definition) is 4. The molecule has 1 N–H and O–H groups in total. The van der Waals surface area contributed by atoms with Crippen molar-refractivity contribution < 1.29 is 9.13 Å². The molecule has 0 amide bonds. The number of nitrogens with zero attached hydrogens (tertiary/aromatic N) is 1. The lowest BCUT2D eigenvalue weighted by Crippen LogP contribution is -2.00. The van der Waals surface area contributed by atoms with E-state index >= 15 is 0 Å². The zero-order chi connectivity index (χ0) is 23.5. The van der Waals surface area contributed by atoms with Gasteiger partial charge in [-0.1, -0.05) is 35.9 Å². The molecule has 34 heavy (non-hydrogen) atoms. The Morgan fingerprint density at radius 2 is 1.74 bits per heavy atom. The van der Waals surface area contributed by atoms with E-state index in [0.717, 1.165) is 38.7 Å². The Kier molecular flexibility index (Phi) is 6.48. The van der Waals surface area contributed by atoms with Gasteiger partial charge in [0.1, 0.15) is 23.2 Å². The Morgan fingerprint density at radius 1 is 0.941 bits per heavy atom. The molecule has 5 aromatic rings. The van der Waals surface area contributed by atoms with E-state index in [2.05, 4.69) is 54.7 Å². The number of hydrogen-bond donors (Lipinski definition) is 1. The summed E-state index contributed by atoms with van der Waals surface area (Å²) in [6.07, 6.45) is 0. The van der Waals surface area contributed by atoms with E-state index in [1.807, 2.05) is 24.3 Å². The number of benzene rings is 4. The quantitative estimate of drug-likeness (QED) is 0.250. The van der Waals surface area contributed by atoms with Crippen molar-refractivity contribution in [3.8, 4) is 16.3 Å². The van der Waals surface area contributed by atoms with Gasteiger partial charge in [-0.3, -0.25) is 0 Å². The average Bonchev–Trinajstić information content (AvgIpc) is 3.26. The van der Waals surface area contributed by atoms with Crippen LogP contribution in [0.25, 0.3) is 20.8 Å². The lowest BCUT2D eigenvalue weighted by atomic mass is 10.2. The van der Waals surface area contributed by atoms with Gasteiger partial charge in [0.05, 0.1) is 15.2 Å². The molecule has 0 atom stereocenters. The van der Waals surface area contributed by atoms with Crippen LogP contribution in [0.15, 0.2) is 84.9 Å². The summed E-state index contributed by atoms with van der Waals surface area (Å²) >= 11 is 7.78. The van der Waals surface area contributed by atoms with Crippen molar-refractivity contribution in [2.24, 2.45) is 0 Å². The number of rotatable bonds is 7. The maximum atomic E-state index is 13.2. The number of halogens is 2. The topological polar surface area (TPSA) is 34.2 Å². The lowest BCUT2D eigenvalue weighted by Gasteiger charge is -2.10. The molecule has 0 fully saturated rings. The average molecular weight is 489 g/mol. The first-order chi connectivity index (χ1) is 16.5. The van der Waals surface area contributed by atoms with Crippen molar-refractivity contribution in [1.82, 2.24) is 4.98 Å². The summed E-state index contributed by atoms with van der Waals surface area (Å²) in [5.74, 6) is 0.381. The van der Waals surface area contributed by atoms with Crippen LogP contribution in [0.1, 0.15) is 16.7 Å². The van der Waals surface area contributed by atoms with Crippen molar-refractivity contribution >= 4 is 38.8 Å². The van der Waals surface area contributed by atoms with Crippen LogP contribution >= 0.6 is 22.9 Å². The van der Waals surface area contributed by atoms with Crippen LogP contribution in [-0.2, 0) is 13.2 Å². The number of nitrogens with one attached hydrogen (secondary N) is 1. The Hall–Kier alpha value is -3.41. The number of ether oxygens (including phenoxy) is 1. The minimum absolute atomic E-state index is 0.289. The summed E-state index contributed by atoms with van der Waals surface area (Å²) in [7, 11) is 0. The zero-order valence-electron chi connectivity index (χ0n) is 18.5. The van der Waals surface area contributed by atoms with Crippen molar-refractivity contribution in [2.75, 3.05) is 5.32 Å². The van der Waals surface area contributed by atoms with Crippen molar-refractivity contribution in [3.63, 3.8) is 0 Å². The van der Waals surface area contributed by atoms with Crippen molar-refractivity contribution in [2.45, 2.75) is 20.1 Å². The first-order valence-corrected chi connectivity index (χ1v) is 12.1. The minimum atomic E-state index is -0.355. The fraction of sp³-hybridized carbons (Fsp3) is 0.107. The number of aryl methyl sites for hydroxylation is 1. The highest BCUT2D eigenvalue weighted by atomic mass is 35.5. The number of fused-ring (bicyclic) bond motifs is 1. The molecule has 0 radical (unpaired) electrons. The van der Waals surface area contributed by atoms with Crippen LogP contribution in [0.2, 0.25) is 5.02 Å². The van der Waals surface area contributed by atoms with Gasteiger partial charge >= 0.3 is 0 Å². The summed E-state index contributed by atoms with van der Waals surface area (Å²) in [6.45, 7) is 3.09. The highest BCUT2D eigenvalue weighted by molar-refractivity contribution is 7.21. The first-order valence-electron chi connectivity index (χ1n) is 10.9. The highest BCUT2D eigenvalue weighted by Crippen LogP contribution is 2.31. The molecule has 0 aliphatic rings. The predicted octanol–water partition coefficient (Wildman–Crippen LogP) is 8.26. The molecule has 1 heterocycles. The molecule has 0 saturated heterocycles. The summed E-state index contributed by atoms with van der Waals surface area (Å²) < 4.78 is 20.2. The molecule has 0 aliphatic heterocycles. The second kappa shape index (κ2) is 9.84. The van der Waals surface area contributed by atoms with E-state index in [1.165, 1.54) is 22.4 Å². The van der Waals surface area contributed by atoms with Crippen molar-refractivity contribution in [1.29, 1.82) is 0 Å². The molecule has 5 rings (SSSR count). The van der Waals surface area contributed by atoms with E-state index in [1.54, 1.807) is 17.4 Å². The molecule has 3 nitrogen and oxygen atoms in total. The van der Waals surface area contributed by atoms with Gasteiger partial charge in [-0.15, -0.1) is 11.3 Å². The number of anilines is 1. The molecule has 0 saturated carbocycles. The van der Waals surface area contributed by atoms with Gasteiger partial charge in [0.15, 0.2) is 0 Å². The van der Waals surface area contributed by atoms with Crippen LogP contribution in [0, 0.1) is 12.7 Å². The molecule has 0 unspecified atom stereocenters. The van der Waals surface area contributed by atoms with Crippen LogP contribution in [0.3, 0.4) is 0 Å². The fourth-order valence-electron chi connectivity index (χ4n) is 3.59. The summed E-state index contributed by atoms with van der Waals surface area (Å²) in [5.41, 5.74) is 6.34. The van der Waals surface area contributed by atoms with E-state index in [0.29, 0.717) is 11.6 Å². The molecule has 170 valence electrons. The number of thiazole rings is 1. The lowest BCUT2D eigenvalue weighted by molar-refractivity contribution is 0.306. The highest BCUT2D eigenvalue weighted by Gasteiger charge is 2.07. The van der Waals surface area contributed by atoms with Crippen LogP contribution < -0.4 is 10.1 Å². The monoisotopic (exact) mass is 488 g/mol. The smallest absolute Gasteiger partial charge is 0.124 e. The van der Waals surface area contributed by atoms with Crippen molar-refractivity contribution in [3.05, 3.63) is 112 Å². The molecule has 6 heteroatoms. The number of aromatic nitrogens is 1. The van der Waals surface area contributed by atoms with Gasteiger partial charge in [0.25, 0.3) is 0 Å². The Morgan fingerprint density at radius 3 is 2.50 bits per heavy atom. The zero-order valence-corrected chi connectivity index (χ0v) is 20.1. The van der Waals surface area contributed by atoms with Gasteiger partial charge in [-0.25, -0.2) is 9.37 Å². The second-order valence-electron chi connectivity index (χ2n) is 8.09. The molecule has 0 bridgehead atoms. The molecule has 0 aliphatic carbocycles. The summed E-state index contributed by atoms with van der Waals surface area (Å²) in [5, 5.41) is 4.85. The van der Waals surface area contributed by atoms with E-state index in [9.17, 15) is 4.39 Å². The third-order valence-corrected chi connectivity index (χ3v) is 6.92. The van der Waals surface area contributed by atoms with E-state index in [-0.39, 0.29) is 12.4 Å². The SMILES string of the molecule is Cc1ccc2nc(-c3ccc(NCc4ccc(OCc5ccc(F)cc5Cl)cc4)cc3)sc2c1. The fourth-order valence-corrected chi connectivity index (χ4v) is 4.88. The molecule has 0 spiro atoms. The normalized spacial score (nSPS) is 11.0. The van der Waals surface area contributed by atoms with Gasteiger partial charge in [0.2, 0.25) is 0 Å². The molecular weight excluding hydrogens is 467 g/mol. The van der Waals surface area contributed by atoms with E-state index in [4.69, 9.17) is 21.3 Å². The Bertz CT molecular complexity index is 1430. The van der Waals surface area contributed by atoms with Gasteiger partial charge < -0.3 is 10.1 Å². The van der Waals surface area contributed by atoms with E-state index < -0.39 is 0 Å². The first kappa shape index (κ1) is 22.4. The van der Waals surface area contributed by atoms with Gasteiger partial charge in [-0.05, 0) is 78.7 Å². The van der Waals surface area contributed by atoms with Crippen LogP contribution in [0.5, 0.6) is 5.75 Å². The summed E-state index contributed by atoms with van der Waals surface area (Å²) in [6, 6.07) is 26.9. The maximum absolute atomic E-state index is 13.2. The van der Waals surface area contributed by atoms with Gasteiger partial charge in [0, 0.05) is 23.4 Å². The molecule has 4 aromatic carbocycles. The predicted molar refractivity (Wildman–Crippen MR) is 139 cm³/mol. The van der Waals surface area contributed by atoms with Crippen LogP contribution in [-0.4, -0.2) is 4.98 Å². The van der Waals surface area contributed by atoms with Crippen LogP contribution in [0.4, 0.5) is 10.1 Å². The standard InChI is InChI=1S/C28H22ClFN2OS/c1-18-2-13-26-27(14-18)34-28(32-26)20-6-9-23(10-7-20)31-16-19-3-11-24(12-4-19)33-17-21-5-8-22(30)15-25(21)29/h2-15,31H,16-17H2,1H3. The minimum Gasteiger partial charge on any atom is -0.489 e. The third kappa shape index (κ3) is 5.22. The maximum Gasteiger partial charge on any atom is 0.124 e. The third-order valence-electron chi connectivity index (χ3n) is 5.51. The molecular formula is C28H22ClFN2OS. The molecule has 1 aromatic heterocycles. The second-order valence-corrected chi connectivity index (χ2v) is 9.53. The Labute approximate surface area is 206 Å².